The fraction of sp³-hybridized carbons (Fsp3) is 0.970. The maximum absolute atomic E-state index is 11.6. The summed E-state index contributed by atoms with van der Waals surface area (Å²) in [5.41, 5.74) is 7.06. The van der Waals surface area contributed by atoms with Gasteiger partial charge in [0.05, 0.1) is 24.9 Å². The molecule has 0 aromatic rings. The average Bonchev–Trinajstić information content (AvgIpc) is 3.49. The van der Waals surface area contributed by atoms with Crippen LogP contribution in [0.3, 0.4) is 0 Å². The summed E-state index contributed by atoms with van der Waals surface area (Å²) in [5.74, 6) is 3.16. The predicted molar refractivity (Wildman–Crippen MR) is 152 cm³/mol. The summed E-state index contributed by atoms with van der Waals surface area (Å²) in [5, 5.41) is 3.44. The minimum atomic E-state index is -0.680. The van der Waals surface area contributed by atoms with Gasteiger partial charge in [-0.1, -0.05) is 34.6 Å². The van der Waals surface area contributed by atoms with E-state index < -0.39 is 6.09 Å². The first-order valence-corrected chi connectivity index (χ1v) is 16.6. The van der Waals surface area contributed by atoms with Crippen LogP contribution in [0, 0.1) is 51.2 Å². The van der Waals surface area contributed by atoms with Crippen LogP contribution in [0.4, 0.5) is 4.79 Å². The van der Waals surface area contributed by atoms with Gasteiger partial charge < -0.3 is 30.0 Å². The number of nitrogens with two attached hydrogens (primary N) is 1. The van der Waals surface area contributed by atoms with E-state index in [9.17, 15) is 4.79 Å². The molecule has 2 spiro atoms. The third-order valence-corrected chi connectivity index (χ3v) is 14.0. The molecule has 2 saturated heterocycles. The van der Waals surface area contributed by atoms with Crippen molar-refractivity contribution in [1.29, 1.82) is 0 Å². The first-order valence-electron chi connectivity index (χ1n) is 16.6. The number of hydrogen-bond donors (Lipinski definition) is 2. The Morgan fingerprint density at radius 3 is 2.50 bits per heavy atom. The van der Waals surface area contributed by atoms with Gasteiger partial charge in [0.15, 0.2) is 6.29 Å². The summed E-state index contributed by atoms with van der Waals surface area (Å²) in [7, 11) is 0. The van der Waals surface area contributed by atoms with Gasteiger partial charge in [0.2, 0.25) is 0 Å². The molecule has 7 aliphatic rings. The molecule has 12 atom stereocenters. The molecule has 0 bridgehead atoms. The normalized spacial score (nSPS) is 51.5. The molecule has 40 heavy (non-hydrogen) atoms. The molecule has 226 valence electrons. The summed E-state index contributed by atoms with van der Waals surface area (Å²) in [6.45, 7) is 14.3. The van der Waals surface area contributed by atoms with E-state index >= 15 is 0 Å². The highest BCUT2D eigenvalue weighted by atomic mass is 16.7. The lowest BCUT2D eigenvalue weighted by Crippen LogP contribution is -2.56. The second-order valence-corrected chi connectivity index (χ2v) is 16.1. The van der Waals surface area contributed by atoms with E-state index in [1.165, 1.54) is 57.8 Å². The molecule has 1 amide bonds. The molecule has 7 heteroatoms. The van der Waals surface area contributed by atoms with Crippen molar-refractivity contribution in [3.8, 4) is 0 Å². The van der Waals surface area contributed by atoms with Gasteiger partial charge in [-0.25, -0.2) is 4.79 Å². The van der Waals surface area contributed by atoms with E-state index in [1.54, 1.807) is 0 Å². The van der Waals surface area contributed by atoms with Crippen molar-refractivity contribution in [2.24, 2.45) is 57.0 Å². The van der Waals surface area contributed by atoms with Crippen LogP contribution in [0.25, 0.3) is 0 Å². The van der Waals surface area contributed by atoms with Crippen molar-refractivity contribution >= 4 is 6.09 Å². The van der Waals surface area contributed by atoms with Gasteiger partial charge in [-0.2, -0.15) is 0 Å². The van der Waals surface area contributed by atoms with Crippen molar-refractivity contribution in [1.82, 2.24) is 5.32 Å². The topological polar surface area (TPSA) is 92.0 Å². The van der Waals surface area contributed by atoms with Gasteiger partial charge in [-0.3, -0.25) is 0 Å². The van der Waals surface area contributed by atoms with Crippen LogP contribution < -0.4 is 11.1 Å². The van der Waals surface area contributed by atoms with Crippen molar-refractivity contribution in [2.75, 3.05) is 19.7 Å². The zero-order valence-electron chi connectivity index (χ0n) is 25.6. The molecule has 7 rings (SSSR count). The Labute approximate surface area is 241 Å². The van der Waals surface area contributed by atoms with Gasteiger partial charge in [0.1, 0.15) is 6.10 Å². The molecular formula is C33H54N2O5. The summed E-state index contributed by atoms with van der Waals surface area (Å²) in [6.07, 6.45) is 12.3. The van der Waals surface area contributed by atoms with Crippen LogP contribution in [0.2, 0.25) is 0 Å². The van der Waals surface area contributed by atoms with Crippen LogP contribution in [0.15, 0.2) is 0 Å². The molecular weight excluding hydrogens is 504 g/mol. The second kappa shape index (κ2) is 9.56. The first-order chi connectivity index (χ1) is 19.0. The molecule has 7 fully saturated rings. The molecule has 2 heterocycles. The van der Waals surface area contributed by atoms with Crippen LogP contribution in [-0.2, 0) is 18.9 Å². The van der Waals surface area contributed by atoms with Crippen molar-refractivity contribution < 1.29 is 23.7 Å². The zero-order chi connectivity index (χ0) is 28.1. The van der Waals surface area contributed by atoms with Crippen molar-refractivity contribution in [3.05, 3.63) is 0 Å². The average molecular weight is 559 g/mol. The van der Waals surface area contributed by atoms with Crippen LogP contribution >= 0.6 is 0 Å². The summed E-state index contributed by atoms with van der Waals surface area (Å²) in [4.78, 5) is 11.6. The predicted octanol–water partition coefficient (Wildman–Crippen LogP) is 5.64. The third-order valence-electron chi connectivity index (χ3n) is 14.0. The molecule has 7 nitrogen and oxygen atoms in total. The lowest BCUT2D eigenvalue weighted by Gasteiger charge is -2.60. The van der Waals surface area contributed by atoms with Crippen LogP contribution in [0.5, 0.6) is 0 Å². The number of primary amides is 1. The van der Waals surface area contributed by atoms with Gasteiger partial charge in [0.25, 0.3) is 0 Å². The Hall–Kier alpha value is -0.890. The Morgan fingerprint density at radius 1 is 0.975 bits per heavy atom. The number of amides is 1. The van der Waals surface area contributed by atoms with Gasteiger partial charge in [-0.15, -0.1) is 0 Å². The van der Waals surface area contributed by atoms with E-state index in [0.717, 1.165) is 43.9 Å². The summed E-state index contributed by atoms with van der Waals surface area (Å²) < 4.78 is 25.1. The molecule has 2 aliphatic heterocycles. The number of rotatable bonds is 5. The Morgan fingerprint density at radius 2 is 1.77 bits per heavy atom. The molecule has 0 aromatic heterocycles. The highest BCUT2D eigenvalue weighted by Gasteiger charge is 2.80. The molecule has 5 aliphatic carbocycles. The minimum absolute atomic E-state index is 0.0334. The number of ether oxygens (including phenoxy) is 4. The van der Waals surface area contributed by atoms with Crippen molar-refractivity contribution in [2.45, 2.75) is 130 Å². The fourth-order valence-corrected chi connectivity index (χ4v) is 12.3. The lowest BCUT2D eigenvalue weighted by atomic mass is 9.46. The van der Waals surface area contributed by atoms with E-state index in [2.05, 4.69) is 39.9 Å². The highest BCUT2D eigenvalue weighted by Crippen LogP contribution is 2.87. The van der Waals surface area contributed by atoms with E-state index in [0.29, 0.717) is 28.3 Å². The Balaban J connectivity index is 1.08. The number of carbonyl (C=O) groups is 1. The number of nitrogens with one attached hydrogen (secondary N) is 1. The van der Waals surface area contributed by atoms with Crippen LogP contribution in [-0.4, -0.2) is 56.5 Å². The van der Waals surface area contributed by atoms with Crippen LogP contribution in [0.1, 0.15) is 98.8 Å². The monoisotopic (exact) mass is 558 g/mol. The quantitative estimate of drug-likeness (QED) is 0.454. The summed E-state index contributed by atoms with van der Waals surface area (Å²) >= 11 is 0. The Kier molecular flexibility index (Phi) is 6.67. The maximum atomic E-state index is 11.6. The maximum Gasteiger partial charge on any atom is 0.404 e. The van der Waals surface area contributed by atoms with Crippen molar-refractivity contribution in [3.63, 3.8) is 0 Å². The third kappa shape index (κ3) is 3.92. The highest BCUT2D eigenvalue weighted by molar-refractivity contribution is 5.64. The van der Waals surface area contributed by atoms with Gasteiger partial charge in [0, 0.05) is 13.1 Å². The number of morpholine rings is 1. The van der Waals surface area contributed by atoms with E-state index in [1.807, 2.05) is 0 Å². The van der Waals surface area contributed by atoms with E-state index in [-0.39, 0.29) is 35.9 Å². The van der Waals surface area contributed by atoms with Gasteiger partial charge >= 0.3 is 6.09 Å². The standard InChI is InChI=1S/C33H54N2O5/c1-19(2)28(40-29(34)36)23-8-6-21-24(38-23)16-22-20-7-9-25-30(3,4)26(39-27-17-35-14-15-37-27)10-11-33(25)18-32(20,33)13-12-31(21,22)5/h19-28,35H,6-18H2,1-5H3,(H2,34,36)/t20?,21?,22?,23?,24?,25?,26-,27?,28+,31+,32-,33+/m0/s1. The molecule has 0 aromatic carbocycles. The van der Waals surface area contributed by atoms with Gasteiger partial charge in [-0.05, 0) is 115 Å². The summed E-state index contributed by atoms with van der Waals surface area (Å²) in [6, 6.07) is 0. The zero-order valence-corrected chi connectivity index (χ0v) is 25.6. The molecule has 5 saturated carbocycles. The number of fused-ring (bicyclic) bond motifs is 4. The smallest absolute Gasteiger partial charge is 0.404 e. The first kappa shape index (κ1) is 27.9. The second-order valence-electron chi connectivity index (χ2n) is 16.1. The SMILES string of the molecule is CC(C)[C@@H](OC(N)=O)C1CCC2C(CC3C4CCC5C(C)(C)[C@@H](OC6CNCCO6)CC[C@@]56C[C@@]46CC[C@]23C)O1. The lowest BCUT2D eigenvalue weighted by molar-refractivity contribution is -0.232. The molecule has 0 radical (unpaired) electrons. The number of carbonyl (C=O) groups excluding carboxylic acids is 1. The Bertz CT molecular complexity index is 997. The molecule has 3 N–H and O–H groups in total. The minimum Gasteiger partial charge on any atom is -0.443 e. The molecule has 7 unspecified atom stereocenters. The number of hydrogen-bond acceptors (Lipinski definition) is 6. The van der Waals surface area contributed by atoms with E-state index in [4.69, 9.17) is 24.7 Å². The fourth-order valence-electron chi connectivity index (χ4n) is 12.3. The largest absolute Gasteiger partial charge is 0.443 e.